The van der Waals surface area contributed by atoms with E-state index >= 15 is 0 Å². The smallest absolute Gasteiger partial charge is 0.126 e. The first kappa shape index (κ1) is 22.6. The van der Waals surface area contributed by atoms with Crippen LogP contribution in [0.25, 0.3) is 5.76 Å². The van der Waals surface area contributed by atoms with E-state index < -0.39 is 0 Å². The molecule has 0 fully saturated rings. The van der Waals surface area contributed by atoms with Crippen molar-refractivity contribution in [1.29, 1.82) is 0 Å². The normalized spacial score (nSPS) is 11.2. The molecule has 0 saturated carbocycles. The van der Waals surface area contributed by atoms with Gasteiger partial charge in [0.1, 0.15) is 11.5 Å². The van der Waals surface area contributed by atoms with E-state index in [0.717, 1.165) is 24.4 Å². The zero-order valence-electron chi connectivity index (χ0n) is 17.7. The number of rotatable bonds is 13. The molecule has 0 heterocycles. The molecule has 148 valence electrons. The van der Waals surface area contributed by atoms with Crippen LogP contribution in [0.2, 0.25) is 0 Å². The van der Waals surface area contributed by atoms with Crippen LogP contribution in [-0.2, 0) is 4.74 Å². The van der Waals surface area contributed by atoms with Crippen LogP contribution >= 0.6 is 0 Å². The van der Waals surface area contributed by atoms with Gasteiger partial charge in [-0.25, -0.2) is 0 Å². The molecule has 0 spiro atoms. The van der Waals surface area contributed by atoms with E-state index in [2.05, 4.69) is 34.6 Å². The number of phenols is 1. The Kier molecular flexibility index (Phi) is 11.2. The SMILES string of the molecule is CCCCCCCCCCOC(=C(C(C)C)C(C)C)c1cccc(O)c1. The Morgan fingerprint density at radius 2 is 1.46 bits per heavy atom. The molecule has 0 bridgehead atoms. The molecule has 0 aliphatic heterocycles. The number of phenolic OH excluding ortho intramolecular Hbond substituents is 1. The van der Waals surface area contributed by atoms with Crippen molar-refractivity contribution >= 4 is 5.76 Å². The van der Waals surface area contributed by atoms with Crippen LogP contribution < -0.4 is 0 Å². The van der Waals surface area contributed by atoms with E-state index in [4.69, 9.17) is 4.74 Å². The molecule has 2 heteroatoms. The molecule has 0 aliphatic carbocycles. The summed E-state index contributed by atoms with van der Waals surface area (Å²) < 4.78 is 6.28. The van der Waals surface area contributed by atoms with Gasteiger partial charge in [-0.15, -0.1) is 0 Å². The van der Waals surface area contributed by atoms with E-state index in [0.29, 0.717) is 17.6 Å². The minimum atomic E-state index is 0.294. The first-order chi connectivity index (χ1) is 12.5. The molecule has 26 heavy (non-hydrogen) atoms. The van der Waals surface area contributed by atoms with E-state index in [1.807, 2.05) is 18.2 Å². The molecule has 1 rings (SSSR count). The van der Waals surface area contributed by atoms with Gasteiger partial charge < -0.3 is 9.84 Å². The summed E-state index contributed by atoms with van der Waals surface area (Å²) in [6, 6.07) is 7.45. The summed E-state index contributed by atoms with van der Waals surface area (Å²) in [6.07, 6.45) is 10.4. The first-order valence-corrected chi connectivity index (χ1v) is 10.6. The zero-order chi connectivity index (χ0) is 19.4. The van der Waals surface area contributed by atoms with Crippen molar-refractivity contribution in [1.82, 2.24) is 0 Å². The molecular formula is C24H40O2. The molecule has 0 atom stereocenters. The largest absolute Gasteiger partial charge is 0.508 e. The molecular weight excluding hydrogens is 320 g/mol. The summed E-state index contributed by atoms with van der Waals surface area (Å²) in [5, 5.41) is 9.87. The highest BCUT2D eigenvalue weighted by Crippen LogP contribution is 2.32. The van der Waals surface area contributed by atoms with Crippen molar-refractivity contribution < 1.29 is 9.84 Å². The molecule has 0 unspecified atom stereocenters. The summed E-state index contributed by atoms with van der Waals surface area (Å²) in [5.41, 5.74) is 2.32. The van der Waals surface area contributed by atoms with Gasteiger partial charge in [0.2, 0.25) is 0 Å². The summed E-state index contributed by atoms with van der Waals surface area (Å²) in [5.74, 6) is 2.10. The van der Waals surface area contributed by atoms with Gasteiger partial charge in [-0.3, -0.25) is 0 Å². The fraction of sp³-hybridized carbons (Fsp3) is 0.667. The lowest BCUT2D eigenvalue weighted by molar-refractivity contribution is 0.259. The predicted molar refractivity (Wildman–Crippen MR) is 113 cm³/mol. The van der Waals surface area contributed by atoms with Gasteiger partial charge in [0, 0.05) is 5.56 Å². The molecule has 2 nitrogen and oxygen atoms in total. The van der Waals surface area contributed by atoms with Crippen molar-refractivity contribution in [2.24, 2.45) is 11.8 Å². The molecule has 0 saturated heterocycles. The second-order valence-corrected chi connectivity index (χ2v) is 7.97. The highest BCUT2D eigenvalue weighted by molar-refractivity contribution is 5.65. The van der Waals surface area contributed by atoms with Crippen molar-refractivity contribution in [3.8, 4) is 5.75 Å². The fourth-order valence-corrected chi connectivity index (χ4v) is 3.58. The number of benzene rings is 1. The van der Waals surface area contributed by atoms with Crippen LogP contribution in [0.5, 0.6) is 5.75 Å². The van der Waals surface area contributed by atoms with Gasteiger partial charge in [0.15, 0.2) is 0 Å². The second-order valence-electron chi connectivity index (χ2n) is 7.97. The predicted octanol–water partition coefficient (Wildman–Crippen LogP) is 7.57. The maximum absolute atomic E-state index is 9.87. The molecule has 0 radical (unpaired) electrons. The maximum Gasteiger partial charge on any atom is 0.126 e. The standard InChI is InChI=1S/C24H40O2/c1-6-7-8-9-10-11-12-13-17-26-24(23(19(2)3)20(4)5)21-15-14-16-22(25)18-21/h14-16,18-20,25H,6-13,17H2,1-5H3. The molecule has 0 aliphatic rings. The van der Waals surface area contributed by atoms with Crippen LogP contribution in [0.15, 0.2) is 29.8 Å². The summed E-state index contributed by atoms with van der Waals surface area (Å²) in [4.78, 5) is 0. The lowest BCUT2D eigenvalue weighted by atomic mass is 9.89. The average molecular weight is 361 g/mol. The fourth-order valence-electron chi connectivity index (χ4n) is 3.58. The minimum absolute atomic E-state index is 0.294. The highest BCUT2D eigenvalue weighted by atomic mass is 16.5. The van der Waals surface area contributed by atoms with Gasteiger partial charge in [0.05, 0.1) is 6.61 Å². The Hall–Kier alpha value is -1.44. The van der Waals surface area contributed by atoms with E-state index in [-0.39, 0.29) is 0 Å². The van der Waals surface area contributed by atoms with Gasteiger partial charge in [-0.1, -0.05) is 91.7 Å². The molecule has 0 amide bonds. The Morgan fingerprint density at radius 1 is 0.885 bits per heavy atom. The third-order valence-electron chi connectivity index (χ3n) is 4.86. The second kappa shape index (κ2) is 12.8. The van der Waals surface area contributed by atoms with E-state index in [9.17, 15) is 5.11 Å². The van der Waals surface area contributed by atoms with Crippen molar-refractivity contribution in [3.63, 3.8) is 0 Å². The summed E-state index contributed by atoms with van der Waals surface area (Å²) in [7, 11) is 0. The van der Waals surface area contributed by atoms with Crippen LogP contribution in [0, 0.1) is 11.8 Å². The van der Waals surface area contributed by atoms with Crippen molar-refractivity contribution in [3.05, 3.63) is 35.4 Å². The molecule has 1 aromatic rings. The van der Waals surface area contributed by atoms with Gasteiger partial charge >= 0.3 is 0 Å². The average Bonchev–Trinajstić information content (AvgIpc) is 2.58. The maximum atomic E-state index is 9.87. The van der Waals surface area contributed by atoms with E-state index in [1.165, 1.54) is 50.5 Å². The lowest BCUT2D eigenvalue weighted by Crippen LogP contribution is -2.09. The number of allylic oxidation sites excluding steroid dienone is 1. The van der Waals surface area contributed by atoms with Crippen LogP contribution in [-0.4, -0.2) is 11.7 Å². The highest BCUT2D eigenvalue weighted by Gasteiger charge is 2.18. The number of aromatic hydroxyl groups is 1. The topological polar surface area (TPSA) is 29.5 Å². The van der Waals surface area contributed by atoms with Crippen LogP contribution in [0.3, 0.4) is 0 Å². The number of hydrogen-bond donors (Lipinski definition) is 1. The van der Waals surface area contributed by atoms with Crippen LogP contribution in [0.1, 0.15) is 91.5 Å². The molecule has 1 N–H and O–H groups in total. The Morgan fingerprint density at radius 3 is 2.00 bits per heavy atom. The summed E-state index contributed by atoms with van der Waals surface area (Å²) >= 11 is 0. The molecule has 0 aromatic heterocycles. The third-order valence-corrected chi connectivity index (χ3v) is 4.86. The monoisotopic (exact) mass is 360 g/mol. The van der Waals surface area contributed by atoms with Crippen LogP contribution in [0.4, 0.5) is 0 Å². The molecule has 1 aromatic carbocycles. The van der Waals surface area contributed by atoms with Gasteiger partial charge in [0.25, 0.3) is 0 Å². The summed E-state index contributed by atoms with van der Waals surface area (Å²) in [6.45, 7) is 11.9. The Bertz CT molecular complexity index is 519. The first-order valence-electron chi connectivity index (χ1n) is 10.6. The van der Waals surface area contributed by atoms with Gasteiger partial charge in [-0.05, 0) is 36.0 Å². The number of ether oxygens (including phenoxy) is 1. The zero-order valence-corrected chi connectivity index (χ0v) is 17.7. The van der Waals surface area contributed by atoms with Crippen molar-refractivity contribution in [2.45, 2.75) is 86.0 Å². The Balaban J connectivity index is 2.63. The van der Waals surface area contributed by atoms with Gasteiger partial charge in [-0.2, -0.15) is 0 Å². The number of unbranched alkanes of at least 4 members (excludes halogenated alkanes) is 7. The third kappa shape index (κ3) is 8.29. The van der Waals surface area contributed by atoms with E-state index in [1.54, 1.807) is 6.07 Å². The Labute approximate surface area is 161 Å². The van der Waals surface area contributed by atoms with Crippen molar-refractivity contribution in [2.75, 3.05) is 6.61 Å². The minimum Gasteiger partial charge on any atom is -0.508 e. The quantitative estimate of drug-likeness (QED) is 0.290. The number of hydrogen-bond acceptors (Lipinski definition) is 2. The lowest BCUT2D eigenvalue weighted by Gasteiger charge is -2.22.